The molecule has 0 aliphatic carbocycles. The van der Waals surface area contributed by atoms with Crippen molar-refractivity contribution in [3.63, 3.8) is 0 Å². The summed E-state index contributed by atoms with van der Waals surface area (Å²) in [4.78, 5) is 10.4. The topological polar surface area (TPSA) is 31.2 Å². The number of rotatable bonds is 3. The first kappa shape index (κ1) is 12.8. The zero-order valence-corrected chi connectivity index (χ0v) is 8.85. The molecule has 1 aromatic rings. The Kier molecular flexibility index (Phi) is 4.18. The molecule has 1 radical (unpaired) electrons. The fraction of sp³-hybridized carbons (Fsp3) is 0.300. The van der Waals surface area contributed by atoms with Crippen LogP contribution in [0.3, 0.4) is 0 Å². The number of carbonyl (C=O) groups is 1. The minimum atomic E-state index is -4.89. The maximum Gasteiger partial charge on any atom is 0.473 e. The van der Waals surface area contributed by atoms with Gasteiger partial charge in [-0.2, -0.15) is 13.2 Å². The van der Waals surface area contributed by atoms with Gasteiger partial charge in [-0.1, -0.05) is 29.8 Å². The zero-order valence-electron chi connectivity index (χ0n) is 8.09. The summed E-state index contributed by atoms with van der Waals surface area (Å²) < 4.78 is 35.4. The molecular weight excluding hydrogens is 243 g/mol. The summed E-state index contributed by atoms with van der Waals surface area (Å²) in [5.41, 5.74) is 0.669. The van der Waals surface area contributed by atoms with Gasteiger partial charge < -0.3 is 0 Å². The first-order valence-electron chi connectivity index (χ1n) is 4.43. The Morgan fingerprint density at radius 1 is 1.31 bits per heavy atom. The molecule has 0 saturated heterocycles. The molecule has 0 spiro atoms. The van der Waals surface area contributed by atoms with Gasteiger partial charge in [-0.25, -0.2) is 5.32 Å². The van der Waals surface area contributed by atoms with Gasteiger partial charge in [0.1, 0.15) is 0 Å². The number of halogens is 4. The van der Waals surface area contributed by atoms with E-state index in [9.17, 15) is 18.0 Å². The molecule has 1 aromatic carbocycles. The monoisotopic (exact) mass is 250 g/mol. The van der Waals surface area contributed by atoms with Crippen molar-refractivity contribution in [1.29, 1.82) is 0 Å². The highest BCUT2D eigenvalue weighted by atomic mass is 35.5. The van der Waals surface area contributed by atoms with E-state index in [2.05, 4.69) is 5.32 Å². The number of alkyl halides is 3. The molecule has 0 aromatic heterocycles. The lowest BCUT2D eigenvalue weighted by molar-refractivity contribution is -0.173. The number of carbonyl (C=O) groups excluding carboxylic acids is 1. The van der Waals surface area contributed by atoms with E-state index in [0.29, 0.717) is 10.6 Å². The third kappa shape index (κ3) is 3.73. The molecule has 0 aliphatic rings. The second-order valence-corrected chi connectivity index (χ2v) is 3.43. The Labute approximate surface area is 95.4 Å². The predicted molar refractivity (Wildman–Crippen MR) is 53.2 cm³/mol. The minimum Gasteiger partial charge on any atom is -0.262 e. The van der Waals surface area contributed by atoms with E-state index in [-0.39, 0.29) is 13.0 Å². The fourth-order valence-corrected chi connectivity index (χ4v) is 1.30. The smallest absolute Gasteiger partial charge is 0.262 e. The van der Waals surface area contributed by atoms with E-state index in [0.717, 1.165) is 0 Å². The van der Waals surface area contributed by atoms with Gasteiger partial charge >= 0.3 is 12.1 Å². The molecule has 87 valence electrons. The van der Waals surface area contributed by atoms with Crippen LogP contribution in [0.25, 0.3) is 0 Å². The van der Waals surface area contributed by atoms with Crippen LogP contribution in [0.15, 0.2) is 24.3 Å². The van der Waals surface area contributed by atoms with Gasteiger partial charge in [-0.15, -0.1) is 0 Å². The van der Waals surface area contributed by atoms with Crippen molar-refractivity contribution in [2.24, 2.45) is 0 Å². The normalized spacial score (nSPS) is 11.2. The Bertz CT molecular complexity index is 379. The molecule has 0 heterocycles. The highest BCUT2D eigenvalue weighted by Crippen LogP contribution is 2.16. The number of hydrogen-bond acceptors (Lipinski definition) is 1. The van der Waals surface area contributed by atoms with E-state index in [1.807, 2.05) is 0 Å². The Balaban J connectivity index is 2.43. The number of benzene rings is 1. The highest BCUT2D eigenvalue weighted by molar-refractivity contribution is 6.31. The van der Waals surface area contributed by atoms with Crippen molar-refractivity contribution in [3.05, 3.63) is 34.9 Å². The molecule has 0 unspecified atom stereocenters. The SMILES string of the molecule is O=C([N]CCc1ccccc1Cl)C(F)(F)F. The molecule has 0 aliphatic heterocycles. The van der Waals surface area contributed by atoms with Gasteiger partial charge in [0.25, 0.3) is 0 Å². The van der Waals surface area contributed by atoms with Crippen molar-refractivity contribution < 1.29 is 18.0 Å². The number of nitrogens with zero attached hydrogens (tertiary/aromatic N) is 1. The average Bonchev–Trinajstić information content (AvgIpc) is 2.19. The van der Waals surface area contributed by atoms with Crippen LogP contribution in [0.4, 0.5) is 13.2 Å². The first-order chi connectivity index (χ1) is 7.41. The molecule has 1 rings (SSSR count). The average molecular weight is 251 g/mol. The maximum absolute atomic E-state index is 11.8. The first-order valence-corrected chi connectivity index (χ1v) is 4.81. The largest absolute Gasteiger partial charge is 0.473 e. The molecule has 0 fully saturated rings. The molecule has 2 nitrogen and oxygen atoms in total. The molecule has 1 amide bonds. The summed E-state index contributed by atoms with van der Waals surface area (Å²) in [6.07, 6.45) is -4.68. The standard InChI is InChI=1S/C10H8ClF3NO/c11-8-4-2-1-3-7(8)5-6-15-9(16)10(12,13)14/h1-4H,5-6H2. The third-order valence-electron chi connectivity index (χ3n) is 1.84. The second kappa shape index (κ2) is 5.21. The molecular formula is C10H8ClF3NO. The van der Waals surface area contributed by atoms with Crippen molar-refractivity contribution in [2.45, 2.75) is 12.6 Å². The van der Waals surface area contributed by atoms with E-state index < -0.39 is 12.1 Å². The third-order valence-corrected chi connectivity index (χ3v) is 2.21. The molecule has 0 N–H and O–H groups in total. The van der Waals surface area contributed by atoms with Gasteiger partial charge in [-0.05, 0) is 18.1 Å². The lowest BCUT2D eigenvalue weighted by atomic mass is 10.1. The van der Waals surface area contributed by atoms with E-state index in [1.165, 1.54) is 0 Å². The van der Waals surface area contributed by atoms with Crippen LogP contribution < -0.4 is 5.32 Å². The maximum atomic E-state index is 11.8. The Hall–Kier alpha value is -1.23. The minimum absolute atomic E-state index is 0.210. The van der Waals surface area contributed by atoms with Crippen LogP contribution in [0.1, 0.15) is 5.56 Å². The van der Waals surface area contributed by atoms with Crippen LogP contribution in [-0.4, -0.2) is 18.6 Å². The number of hydrogen-bond donors (Lipinski definition) is 0. The van der Waals surface area contributed by atoms with Crippen LogP contribution in [-0.2, 0) is 11.2 Å². The van der Waals surface area contributed by atoms with Gasteiger partial charge in [0.05, 0.1) is 0 Å². The molecule has 16 heavy (non-hydrogen) atoms. The van der Waals surface area contributed by atoms with E-state index in [4.69, 9.17) is 11.6 Å². The van der Waals surface area contributed by atoms with Crippen molar-refractivity contribution in [2.75, 3.05) is 6.54 Å². The Morgan fingerprint density at radius 3 is 2.50 bits per heavy atom. The lowest BCUT2D eigenvalue weighted by Gasteiger charge is -2.06. The summed E-state index contributed by atoms with van der Waals surface area (Å²) in [5, 5.41) is 3.36. The number of amides is 1. The van der Waals surface area contributed by atoms with Gasteiger partial charge in [0, 0.05) is 11.6 Å². The predicted octanol–water partition coefficient (Wildman–Crippen LogP) is 2.58. The van der Waals surface area contributed by atoms with Gasteiger partial charge in [-0.3, -0.25) is 4.79 Å². The van der Waals surface area contributed by atoms with Crippen molar-refractivity contribution >= 4 is 17.5 Å². The summed E-state index contributed by atoms with van der Waals surface area (Å²) in [5.74, 6) is -2.06. The molecule has 6 heteroatoms. The van der Waals surface area contributed by atoms with Crippen LogP contribution in [0, 0.1) is 0 Å². The van der Waals surface area contributed by atoms with Gasteiger partial charge in [0.15, 0.2) is 0 Å². The van der Waals surface area contributed by atoms with Gasteiger partial charge in [0.2, 0.25) is 0 Å². The van der Waals surface area contributed by atoms with E-state index in [1.54, 1.807) is 24.3 Å². The quantitative estimate of drug-likeness (QED) is 0.811. The van der Waals surface area contributed by atoms with E-state index >= 15 is 0 Å². The summed E-state index contributed by atoms with van der Waals surface area (Å²) in [6.45, 7) is -0.220. The Morgan fingerprint density at radius 2 is 1.94 bits per heavy atom. The molecule has 0 atom stereocenters. The summed E-state index contributed by atoms with van der Waals surface area (Å²) in [6, 6.07) is 6.73. The zero-order chi connectivity index (χ0) is 12.2. The lowest BCUT2D eigenvalue weighted by Crippen LogP contribution is -2.32. The van der Waals surface area contributed by atoms with Crippen LogP contribution in [0.2, 0.25) is 5.02 Å². The van der Waals surface area contributed by atoms with Crippen molar-refractivity contribution in [1.82, 2.24) is 5.32 Å². The summed E-state index contributed by atoms with van der Waals surface area (Å²) >= 11 is 5.78. The second-order valence-electron chi connectivity index (χ2n) is 3.03. The fourth-order valence-electron chi connectivity index (χ4n) is 1.07. The molecule has 0 saturated carbocycles. The highest BCUT2D eigenvalue weighted by Gasteiger charge is 2.39. The molecule has 0 bridgehead atoms. The van der Waals surface area contributed by atoms with Crippen molar-refractivity contribution in [3.8, 4) is 0 Å². The van der Waals surface area contributed by atoms with Crippen LogP contribution >= 0.6 is 11.6 Å². The van der Waals surface area contributed by atoms with Crippen LogP contribution in [0.5, 0.6) is 0 Å². The summed E-state index contributed by atoms with van der Waals surface area (Å²) in [7, 11) is 0.